The molecule has 2 rings (SSSR count). The van der Waals surface area contributed by atoms with Crippen molar-refractivity contribution in [2.45, 2.75) is 24.9 Å². The van der Waals surface area contributed by atoms with Crippen LogP contribution in [0.25, 0.3) is 0 Å². The van der Waals surface area contributed by atoms with E-state index < -0.39 is 35.9 Å². The number of carbonyl (C=O) groups excluding carboxylic acids is 2. The predicted molar refractivity (Wildman–Crippen MR) is 80.2 cm³/mol. The largest absolute Gasteiger partial charge is 0.504 e. The van der Waals surface area contributed by atoms with Gasteiger partial charge < -0.3 is 30.3 Å². The Labute approximate surface area is 145 Å². The minimum atomic E-state index is -5.36. The fourth-order valence-corrected chi connectivity index (χ4v) is 2.70. The molecule has 1 heterocycles. The van der Waals surface area contributed by atoms with E-state index in [1.165, 1.54) is 25.4 Å². The van der Waals surface area contributed by atoms with Gasteiger partial charge in [-0.05, 0) is 24.6 Å². The van der Waals surface area contributed by atoms with Crippen molar-refractivity contribution in [1.29, 1.82) is 0 Å². The lowest BCUT2D eigenvalue weighted by atomic mass is 9.82. The molecule has 0 aliphatic carbocycles. The van der Waals surface area contributed by atoms with Crippen LogP contribution >= 0.6 is 0 Å². The average molecular weight is 378 g/mol. The molecule has 4 N–H and O–H groups in total. The number of phenolic OH excluding ortho intramolecular Hbond substituents is 1. The number of carbonyl (C=O) groups is 2. The van der Waals surface area contributed by atoms with Crippen LogP contribution in [-0.2, 0) is 9.53 Å². The number of alkyl halides is 3. The summed E-state index contributed by atoms with van der Waals surface area (Å²) in [6, 6.07) is 0.537. The third kappa shape index (κ3) is 3.34. The van der Waals surface area contributed by atoms with Gasteiger partial charge in [0.2, 0.25) is 0 Å². The number of methoxy groups -OCH3 is 1. The van der Waals surface area contributed by atoms with E-state index in [9.17, 15) is 33.0 Å². The molecule has 144 valence electrons. The zero-order chi connectivity index (χ0) is 19.7. The number of aromatic hydroxyl groups is 1. The number of rotatable bonds is 4. The summed E-state index contributed by atoms with van der Waals surface area (Å²) in [6.07, 6.45) is -5.36. The number of hydrogen-bond acceptors (Lipinski definition) is 6. The second kappa shape index (κ2) is 6.90. The zero-order valence-corrected chi connectivity index (χ0v) is 13.8. The first-order valence-corrected chi connectivity index (χ1v) is 7.46. The minimum Gasteiger partial charge on any atom is -0.504 e. The smallest absolute Gasteiger partial charge is 0.437 e. The summed E-state index contributed by atoms with van der Waals surface area (Å²) < 4.78 is 50.0. The van der Waals surface area contributed by atoms with Gasteiger partial charge in [0.15, 0.2) is 11.5 Å². The highest BCUT2D eigenvalue weighted by Crippen LogP contribution is 2.44. The van der Waals surface area contributed by atoms with Crippen LogP contribution in [0.1, 0.15) is 18.5 Å². The number of benzene rings is 1. The maximum Gasteiger partial charge on any atom is 0.437 e. The molecular weight excluding hydrogens is 361 g/mol. The van der Waals surface area contributed by atoms with E-state index in [0.717, 1.165) is 12.1 Å². The van der Waals surface area contributed by atoms with Gasteiger partial charge in [-0.3, -0.25) is 4.79 Å². The van der Waals surface area contributed by atoms with Gasteiger partial charge >= 0.3 is 18.2 Å². The molecule has 1 aromatic rings. The minimum absolute atomic E-state index is 0.00442. The molecule has 11 heteroatoms. The Morgan fingerprint density at radius 1 is 1.38 bits per heavy atom. The van der Waals surface area contributed by atoms with Crippen molar-refractivity contribution < 1.29 is 42.4 Å². The first kappa shape index (κ1) is 19.6. The van der Waals surface area contributed by atoms with Crippen LogP contribution in [0.15, 0.2) is 18.2 Å². The normalized spacial score (nSPS) is 25.8. The zero-order valence-electron chi connectivity index (χ0n) is 13.8. The lowest BCUT2D eigenvalue weighted by Crippen LogP contribution is -2.73. The monoisotopic (exact) mass is 378 g/mol. The third-order valence-electron chi connectivity index (χ3n) is 3.91. The Bertz CT molecular complexity index is 711. The van der Waals surface area contributed by atoms with Crippen LogP contribution in [0.2, 0.25) is 0 Å². The number of hydrogen-bond donors (Lipinski definition) is 4. The van der Waals surface area contributed by atoms with Crippen LogP contribution in [0.3, 0.4) is 0 Å². The van der Waals surface area contributed by atoms with Crippen molar-refractivity contribution in [3.63, 3.8) is 0 Å². The van der Waals surface area contributed by atoms with Gasteiger partial charge in [0.25, 0.3) is 5.72 Å². The molecule has 0 radical (unpaired) electrons. The van der Waals surface area contributed by atoms with Crippen molar-refractivity contribution in [3.8, 4) is 11.5 Å². The van der Waals surface area contributed by atoms with Crippen molar-refractivity contribution >= 4 is 12.0 Å². The average Bonchev–Trinajstić information content (AvgIpc) is 2.53. The molecule has 1 saturated heterocycles. The highest BCUT2D eigenvalue weighted by atomic mass is 19.4. The number of amides is 2. The second-order valence-electron chi connectivity index (χ2n) is 5.50. The van der Waals surface area contributed by atoms with Crippen LogP contribution in [0, 0.1) is 5.92 Å². The van der Waals surface area contributed by atoms with E-state index >= 15 is 0 Å². The molecule has 0 saturated carbocycles. The van der Waals surface area contributed by atoms with Crippen LogP contribution in [-0.4, -0.2) is 47.8 Å². The summed E-state index contributed by atoms with van der Waals surface area (Å²) >= 11 is 0. The fourth-order valence-electron chi connectivity index (χ4n) is 2.70. The Balaban J connectivity index is 2.60. The number of esters is 1. The standard InChI is InChI=1S/C15H17F3N2O6/c1-3-26-12(22)10-11(7-4-5-8(21)9(6-7)25-2)19-13(23)20-14(10,24)15(16,17)18/h4-6,10-11,21,24H,3H2,1-2H3,(H2,19,20,23)/t10-,11-,14+/m0/s1. The Morgan fingerprint density at radius 2 is 2.04 bits per heavy atom. The number of aliphatic hydroxyl groups is 1. The van der Waals surface area contributed by atoms with Crippen molar-refractivity contribution in [3.05, 3.63) is 23.8 Å². The summed E-state index contributed by atoms with van der Waals surface area (Å²) in [6.45, 7) is 1.15. The van der Waals surface area contributed by atoms with Gasteiger partial charge in [-0.1, -0.05) is 6.07 Å². The highest BCUT2D eigenvalue weighted by Gasteiger charge is 2.67. The van der Waals surface area contributed by atoms with Gasteiger partial charge in [0.05, 0.1) is 19.8 Å². The molecule has 1 aromatic carbocycles. The van der Waals surface area contributed by atoms with Crippen LogP contribution in [0.4, 0.5) is 18.0 Å². The molecule has 0 spiro atoms. The van der Waals surface area contributed by atoms with E-state index in [4.69, 9.17) is 4.74 Å². The molecule has 1 aliphatic heterocycles. The lowest BCUT2D eigenvalue weighted by molar-refractivity contribution is -0.294. The maximum atomic E-state index is 13.5. The van der Waals surface area contributed by atoms with Crippen LogP contribution in [0.5, 0.6) is 11.5 Å². The number of phenols is 1. The number of ether oxygens (including phenoxy) is 2. The molecule has 26 heavy (non-hydrogen) atoms. The molecule has 8 nitrogen and oxygen atoms in total. The summed E-state index contributed by atoms with van der Waals surface area (Å²) in [5.41, 5.74) is -3.85. The quantitative estimate of drug-likeness (QED) is 0.585. The van der Waals surface area contributed by atoms with Crippen molar-refractivity contribution in [2.75, 3.05) is 13.7 Å². The lowest BCUT2D eigenvalue weighted by Gasteiger charge is -2.44. The molecule has 0 aromatic heterocycles. The molecular formula is C15H17F3N2O6. The summed E-state index contributed by atoms with van der Waals surface area (Å²) in [4.78, 5) is 24.0. The third-order valence-corrected chi connectivity index (χ3v) is 3.91. The van der Waals surface area contributed by atoms with Crippen molar-refractivity contribution in [2.24, 2.45) is 5.92 Å². The number of halogens is 3. The van der Waals surface area contributed by atoms with E-state index in [-0.39, 0.29) is 23.7 Å². The summed E-state index contributed by atoms with van der Waals surface area (Å²) in [5, 5.41) is 23.3. The summed E-state index contributed by atoms with van der Waals surface area (Å²) in [7, 11) is 1.22. The maximum absolute atomic E-state index is 13.5. The first-order chi connectivity index (χ1) is 12.0. The number of urea groups is 1. The Morgan fingerprint density at radius 3 is 2.58 bits per heavy atom. The SMILES string of the molecule is CCOC(=O)[C@@H]1[C@H](c2ccc(O)c(OC)c2)NC(=O)N[C@]1(O)C(F)(F)F. The van der Waals surface area contributed by atoms with Gasteiger partial charge in [-0.15, -0.1) is 0 Å². The van der Waals surface area contributed by atoms with E-state index in [1.807, 2.05) is 0 Å². The fraction of sp³-hybridized carbons (Fsp3) is 0.467. The van der Waals surface area contributed by atoms with Gasteiger partial charge in [0.1, 0.15) is 5.92 Å². The molecule has 0 bridgehead atoms. The van der Waals surface area contributed by atoms with E-state index in [1.54, 1.807) is 0 Å². The predicted octanol–water partition coefficient (Wildman–Crippen LogP) is 1.18. The molecule has 3 atom stereocenters. The van der Waals surface area contributed by atoms with Crippen molar-refractivity contribution in [1.82, 2.24) is 10.6 Å². The van der Waals surface area contributed by atoms with Gasteiger partial charge in [0, 0.05) is 0 Å². The topological polar surface area (TPSA) is 117 Å². The molecule has 2 amide bonds. The highest BCUT2D eigenvalue weighted by molar-refractivity contribution is 5.83. The first-order valence-electron chi connectivity index (χ1n) is 7.46. The second-order valence-corrected chi connectivity index (χ2v) is 5.50. The van der Waals surface area contributed by atoms with Gasteiger partial charge in [-0.25, -0.2) is 4.79 Å². The number of nitrogens with one attached hydrogen (secondary N) is 2. The summed E-state index contributed by atoms with van der Waals surface area (Å²) in [5.74, 6) is -3.99. The van der Waals surface area contributed by atoms with E-state index in [0.29, 0.717) is 0 Å². The molecule has 1 fully saturated rings. The van der Waals surface area contributed by atoms with E-state index in [2.05, 4.69) is 10.1 Å². The van der Waals surface area contributed by atoms with Crippen LogP contribution < -0.4 is 15.4 Å². The molecule has 0 unspecified atom stereocenters. The van der Waals surface area contributed by atoms with Gasteiger partial charge in [-0.2, -0.15) is 13.2 Å². The Hall–Kier alpha value is -2.69. The Kier molecular flexibility index (Phi) is 5.21. The molecule has 1 aliphatic rings.